The van der Waals surface area contributed by atoms with Gasteiger partial charge in [-0.05, 0) is 151 Å². The Labute approximate surface area is 536 Å². The number of piperidine rings is 1. The fourth-order valence-corrected chi connectivity index (χ4v) is 11.7. The minimum Gasteiger partial charge on any atom is -0.496 e. The number of carbonyl (C=O) groups excluding carboxylic acids is 9. The van der Waals surface area contributed by atoms with Crippen LogP contribution in [-0.4, -0.2) is 170 Å². The molecule has 6 amide bonds. The molecule has 0 aromatic heterocycles. The number of Topliss-reactive ketones (excluding diaryl/α,β-unsaturated/α-hetero) is 1. The van der Waals surface area contributed by atoms with Gasteiger partial charge in [0.2, 0.25) is 29.4 Å². The molecular formula is C71H94N6O14. The SMILES string of the molecule is COc1cc(CC[C@H]2OC(=O)[C@@H]3CCCCN3C(=O)C(=O)C(C)(C)COC(=O)C=CCCN(C)C(=O)[C@H](CC3CCCCC3)NC(=O)[C@H](COC(C)(C)C)N(C)C(=O)[C@@H](Cc3ccc4ccccc4c3)NC(=O)[C@H](C)N(C)C(=O)COc3cccc2c3)ccc1C. The third-order valence-corrected chi connectivity index (χ3v) is 17.6. The Morgan fingerprint density at radius 1 is 0.714 bits per heavy atom. The van der Waals surface area contributed by atoms with E-state index in [2.05, 4.69) is 10.6 Å². The zero-order valence-corrected chi connectivity index (χ0v) is 55.0. The predicted octanol–water partition coefficient (Wildman–Crippen LogP) is 8.36. The average Bonchev–Trinajstić information content (AvgIpc) is 1.27. The zero-order valence-electron chi connectivity index (χ0n) is 55.0. The topological polar surface area (TPSA) is 237 Å². The Morgan fingerprint density at radius 3 is 2.14 bits per heavy atom. The van der Waals surface area contributed by atoms with Crippen LogP contribution in [-0.2, 0) is 70.2 Å². The molecular weight excluding hydrogens is 1160 g/mol. The highest BCUT2D eigenvalue weighted by atomic mass is 16.5. The van der Waals surface area contributed by atoms with Gasteiger partial charge in [-0.25, -0.2) is 9.59 Å². The van der Waals surface area contributed by atoms with E-state index in [9.17, 15) is 38.4 Å². The lowest BCUT2D eigenvalue weighted by atomic mass is 9.84. The maximum atomic E-state index is 15.2. The second-order valence-electron chi connectivity index (χ2n) is 26.2. The number of aryl methyl sites for hydroxylation is 2. The van der Waals surface area contributed by atoms with Crippen molar-refractivity contribution in [3.63, 3.8) is 0 Å². The molecule has 0 radical (unpaired) electrons. The summed E-state index contributed by atoms with van der Waals surface area (Å²) in [5, 5.41) is 7.83. The van der Waals surface area contributed by atoms with Crippen LogP contribution in [0.4, 0.5) is 0 Å². The summed E-state index contributed by atoms with van der Waals surface area (Å²) in [6.07, 6.45) is 9.21. The molecule has 1 saturated carbocycles. The van der Waals surface area contributed by atoms with Gasteiger partial charge < -0.3 is 53.9 Å². The molecule has 0 spiro atoms. The molecule has 4 aromatic carbocycles. The first-order valence-corrected chi connectivity index (χ1v) is 32.0. The highest BCUT2D eigenvalue weighted by Crippen LogP contribution is 2.33. The van der Waals surface area contributed by atoms with Crippen LogP contribution in [0, 0.1) is 18.3 Å². The second kappa shape index (κ2) is 32.2. The average molecular weight is 1260 g/mol. The monoisotopic (exact) mass is 1250 g/mol. The Morgan fingerprint density at radius 2 is 1.42 bits per heavy atom. The van der Waals surface area contributed by atoms with Crippen LogP contribution in [0.25, 0.3) is 10.8 Å². The van der Waals surface area contributed by atoms with Crippen LogP contribution in [0.15, 0.2) is 97.1 Å². The van der Waals surface area contributed by atoms with E-state index in [1.807, 2.05) is 88.4 Å². The lowest BCUT2D eigenvalue weighted by molar-refractivity contribution is -0.165. The van der Waals surface area contributed by atoms with Gasteiger partial charge in [0, 0.05) is 46.7 Å². The standard InChI is InChI=1S/C71H94N6O14/c1-46-30-31-49(41-60(46)87-11)33-35-59-53-26-21-27-54(42-53)88-44-61(78)75(9)47(2)64(81)72-56(40-50-32-34-51-24-15-16-25-52(51)38-50)67(84)76(10)58(43-90-70(3,4)5)65(82)73-55(39-48-22-13-12-14-23-48)66(83)74(8)36-19-18-29-62(79)89-45-71(6,7)63(80)68(85)77-37-20-17-28-57(77)69(86)91-59/h15-16,18,21,24-27,29-32,34,38,41-42,47-48,55-59H,12-14,17,19-20,22-23,28,33,35-37,39-40,43-45H2,1-11H3,(H,72,81)(H,73,82)/t47-,55-,56+,57-,58-,59+/m0/s1. The summed E-state index contributed by atoms with van der Waals surface area (Å²) in [6, 6.07) is 20.2. The van der Waals surface area contributed by atoms with Gasteiger partial charge in [0.05, 0.1) is 24.7 Å². The molecule has 1 saturated heterocycles. The van der Waals surface area contributed by atoms with Crippen LogP contribution in [0.2, 0.25) is 0 Å². The minimum atomic E-state index is -1.49. The number of cyclic esters (lactones) is 2. The first-order chi connectivity index (χ1) is 43.2. The summed E-state index contributed by atoms with van der Waals surface area (Å²) in [5.74, 6) is -5.06. The van der Waals surface area contributed by atoms with E-state index in [0.29, 0.717) is 42.6 Å². The van der Waals surface area contributed by atoms with Gasteiger partial charge in [0.25, 0.3) is 11.8 Å². The molecule has 91 heavy (non-hydrogen) atoms. The van der Waals surface area contributed by atoms with Gasteiger partial charge in [-0.1, -0.05) is 105 Å². The summed E-state index contributed by atoms with van der Waals surface area (Å²) < 4.78 is 29.9. The molecule has 2 heterocycles. The van der Waals surface area contributed by atoms with Gasteiger partial charge in [-0.3, -0.25) is 33.6 Å². The first kappa shape index (κ1) is 70.3. The fraction of sp³-hybridized carbons (Fsp3) is 0.535. The number of nitrogens with one attached hydrogen (secondary N) is 2. The summed E-state index contributed by atoms with van der Waals surface area (Å²) in [6.45, 7) is 10.9. The molecule has 6 atom stereocenters. The molecule has 20 heteroatoms. The molecule has 492 valence electrons. The van der Waals surface area contributed by atoms with Gasteiger partial charge >= 0.3 is 11.9 Å². The Hall–Kier alpha value is -8.13. The number of hydrogen-bond donors (Lipinski definition) is 2. The highest BCUT2D eigenvalue weighted by molar-refractivity contribution is 6.38. The molecule has 3 aliphatic rings. The van der Waals surface area contributed by atoms with Crippen LogP contribution < -0.4 is 20.1 Å². The van der Waals surface area contributed by atoms with E-state index in [1.165, 1.54) is 66.6 Å². The van der Waals surface area contributed by atoms with E-state index in [1.54, 1.807) is 38.4 Å². The van der Waals surface area contributed by atoms with Crippen LogP contribution >= 0.6 is 0 Å². The quantitative estimate of drug-likeness (QED) is 0.112. The molecule has 7 rings (SSSR count). The number of methoxy groups -OCH3 is 1. The van der Waals surface area contributed by atoms with Crippen molar-refractivity contribution >= 4 is 63.9 Å². The maximum absolute atomic E-state index is 15.2. The number of esters is 2. The molecule has 2 bridgehead atoms. The number of ketones is 1. The van der Waals surface area contributed by atoms with E-state index >= 15 is 4.79 Å². The van der Waals surface area contributed by atoms with Crippen molar-refractivity contribution in [1.82, 2.24) is 30.2 Å². The van der Waals surface area contributed by atoms with Gasteiger partial charge in [0.15, 0.2) is 6.61 Å². The normalized spacial score (nSPS) is 23.4. The smallest absolute Gasteiger partial charge is 0.330 e. The third kappa shape index (κ3) is 19.7. The molecule has 4 aromatic rings. The van der Waals surface area contributed by atoms with Gasteiger partial charge in [-0.2, -0.15) is 0 Å². The van der Waals surface area contributed by atoms with Gasteiger partial charge in [0.1, 0.15) is 54.4 Å². The molecule has 0 unspecified atom stereocenters. The largest absolute Gasteiger partial charge is 0.496 e. The Bertz CT molecular complexity index is 3280. The summed E-state index contributed by atoms with van der Waals surface area (Å²) in [7, 11) is 6.12. The van der Waals surface area contributed by atoms with Crippen molar-refractivity contribution in [2.24, 2.45) is 11.3 Å². The number of fused-ring (bicyclic) bond motifs is 4. The van der Waals surface area contributed by atoms with Crippen molar-refractivity contribution in [2.45, 2.75) is 174 Å². The summed E-state index contributed by atoms with van der Waals surface area (Å²) >= 11 is 0. The number of nitrogens with zero attached hydrogens (tertiary/aromatic N) is 4. The summed E-state index contributed by atoms with van der Waals surface area (Å²) in [5.41, 5.74) is 0.824. The van der Waals surface area contributed by atoms with Crippen LogP contribution in [0.1, 0.15) is 141 Å². The van der Waals surface area contributed by atoms with Crippen molar-refractivity contribution < 1.29 is 66.8 Å². The van der Waals surface area contributed by atoms with Gasteiger partial charge in [-0.15, -0.1) is 0 Å². The second-order valence-corrected chi connectivity index (χ2v) is 26.2. The van der Waals surface area contributed by atoms with E-state index in [0.717, 1.165) is 54.0 Å². The van der Waals surface area contributed by atoms with Crippen molar-refractivity contribution in [2.75, 3.05) is 61.2 Å². The van der Waals surface area contributed by atoms with Crippen LogP contribution in [0.3, 0.4) is 0 Å². The Balaban J connectivity index is 1.22. The lowest BCUT2D eigenvalue weighted by Gasteiger charge is -2.36. The van der Waals surface area contributed by atoms with Crippen molar-refractivity contribution in [1.29, 1.82) is 0 Å². The van der Waals surface area contributed by atoms with E-state index in [-0.39, 0.29) is 63.0 Å². The fourth-order valence-electron chi connectivity index (χ4n) is 11.7. The minimum absolute atomic E-state index is 0.00200. The lowest BCUT2D eigenvalue weighted by Crippen LogP contribution is -2.60. The molecule has 1 aliphatic carbocycles. The Kier molecular flexibility index (Phi) is 24.9. The number of ether oxygens (including phenoxy) is 5. The number of amides is 6. The summed E-state index contributed by atoms with van der Waals surface area (Å²) in [4.78, 5) is 135. The van der Waals surface area contributed by atoms with Crippen LogP contribution in [0.5, 0.6) is 11.5 Å². The van der Waals surface area contributed by atoms with Crippen molar-refractivity contribution in [3.8, 4) is 11.5 Å². The highest BCUT2D eigenvalue weighted by Gasteiger charge is 2.43. The number of rotatable bonds is 10. The molecule has 2 aliphatic heterocycles. The predicted molar refractivity (Wildman–Crippen MR) is 345 cm³/mol. The number of carbonyl (C=O) groups is 9. The maximum Gasteiger partial charge on any atom is 0.330 e. The van der Waals surface area contributed by atoms with E-state index in [4.69, 9.17) is 23.7 Å². The molecule has 2 fully saturated rings. The molecule has 20 nitrogen and oxygen atoms in total. The number of benzene rings is 4. The third-order valence-electron chi connectivity index (χ3n) is 17.6. The van der Waals surface area contributed by atoms with E-state index < -0.39 is 108 Å². The number of hydrogen-bond acceptors (Lipinski definition) is 14. The zero-order chi connectivity index (χ0) is 66.2. The molecule has 2 N–H and O–H groups in total. The number of likely N-dealkylation sites (N-methyl/N-ethyl adjacent to an activating group) is 3. The van der Waals surface area contributed by atoms with Crippen molar-refractivity contribution in [3.05, 3.63) is 119 Å². The first-order valence-electron chi connectivity index (χ1n) is 32.0.